The van der Waals surface area contributed by atoms with E-state index in [1.165, 1.54) is 12.1 Å². The monoisotopic (exact) mass is 208 g/mol. The topological polar surface area (TPSA) is 21.6 Å². The van der Waals surface area contributed by atoms with Crippen LogP contribution < -0.4 is 0 Å². The molecule has 0 aliphatic rings. The van der Waals surface area contributed by atoms with Gasteiger partial charge in [-0.25, -0.2) is 4.39 Å². The highest BCUT2D eigenvalue weighted by molar-refractivity contribution is 5.56. The molecule has 0 aliphatic carbocycles. The van der Waals surface area contributed by atoms with Crippen molar-refractivity contribution in [2.45, 2.75) is 32.8 Å². The molecule has 0 aromatic heterocycles. The molecular formula is C12H15FNO. The molecule has 0 amide bonds. The Morgan fingerprint density at radius 1 is 1.47 bits per heavy atom. The molecule has 15 heavy (non-hydrogen) atoms. The van der Waals surface area contributed by atoms with Gasteiger partial charge in [-0.2, -0.15) is 0 Å². The van der Waals surface area contributed by atoms with Crippen molar-refractivity contribution in [1.82, 2.24) is 0 Å². The predicted molar refractivity (Wildman–Crippen MR) is 58.1 cm³/mol. The fourth-order valence-electron chi connectivity index (χ4n) is 1.08. The maximum absolute atomic E-state index is 12.7. The molecule has 0 bridgehead atoms. The van der Waals surface area contributed by atoms with Crippen LogP contribution in [0.5, 0.6) is 0 Å². The van der Waals surface area contributed by atoms with Crippen molar-refractivity contribution in [3.05, 3.63) is 35.6 Å². The van der Waals surface area contributed by atoms with Gasteiger partial charge in [-0.15, -0.1) is 0 Å². The van der Waals surface area contributed by atoms with Crippen molar-refractivity contribution >= 4 is 6.21 Å². The molecule has 0 saturated carbocycles. The minimum absolute atomic E-state index is 0.255. The average molecular weight is 208 g/mol. The van der Waals surface area contributed by atoms with E-state index in [0.29, 0.717) is 0 Å². The molecular weight excluding hydrogens is 193 g/mol. The smallest absolute Gasteiger partial charge is 0.142 e. The highest BCUT2D eigenvalue weighted by atomic mass is 19.1. The van der Waals surface area contributed by atoms with Crippen LogP contribution in [0.2, 0.25) is 0 Å². The zero-order chi connectivity index (χ0) is 10.9. The molecule has 0 unspecified atom stereocenters. The van der Waals surface area contributed by atoms with Gasteiger partial charge < -0.3 is 4.84 Å². The molecule has 0 heterocycles. The summed E-state index contributed by atoms with van der Waals surface area (Å²) in [5, 5.41) is 3.66. The molecule has 1 rings (SSSR count). The molecule has 0 fully saturated rings. The number of halogens is 1. The molecule has 0 spiro atoms. The van der Waals surface area contributed by atoms with Crippen LogP contribution in [0.15, 0.2) is 29.4 Å². The summed E-state index contributed by atoms with van der Waals surface area (Å²) >= 11 is 0. The Hall–Kier alpha value is -1.38. The molecule has 81 valence electrons. The second kappa shape index (κ2) is 6.98. The SMILES string of the molecule is CCCC/[C]=N/OCc1cccc(F)c1. The van der Waals surface area contributed by atoms with E-state index in [-0.39, 0.29) is 12.4 Å². The molecule has 3 heteroatoms. The predicted octanol–water partition coefficient (Wildman–Crippen LogP) is 3.40. The van der Waals surface area contributed by atoms with Crippen molar-refractivity contribution in [3.63, 3.8) is 0 Å². The Morgan fingerprint density at radius 2 is 2.33 bits per heavy atom. The third-order valence-corrected chi connectivity index (χ3v) is 1.89. The number of hydrogen-bond donors (Lipinski definition) is 0. The Morgan fingerprint density at radius 3 is 3.07 bits per heavy atom. The first kappa shape index (κ1) is 11.7. The van der Waals surface area contributed by atoms with Crippen molar-refractivity contribution < 1.29 is 9.23 Å². The zero-order valence-corrected chi connectivity index (χ0v) is 8.87. The van der Waals surface area contributed by atoms with E-state index in [2.05, 4.69) is 18.3 Å². The normalized spacial score (nSPS) is 10.8. The summed E-state index contributed by atoms with van der Waals surface area (Å²) in [4.78, 5) is 4.97. The minimum atomic E-state index is -0.255. The first-order valence-electron chi connectivity index (χ1n) is 5.12. The lowest BCUT2D eigenvalue weighted by Gasteiger charge is -1.98. The van der Waals surface area contributed by atoms with E-state index in [9.17, 15) is 4.39 Å². The Kier molecular flexibility index (Phi) is 5.44. The maximum atomic E-state index is 12.7. The lowest BCUT2D eigenvalue weighted by atomic mass is 10.2. The number of nitrogens with zero attached hydrogens (tertiary/aromatic N) is 1. The molecule has 1 aromatic carbocycles. The lowest BCUT2D eigenvalue weighted by molar-refractivity contribution is 0.131. The standard InChI is InChI=1S/C12H15FNO/c1-2-3-4-8-14-15-10-11-6-5-7-12(13)9-11/h5-7,9H,2-4,10H2,1H3. The van der Waals surface area contributed by atoms with E-state index in [0.717, 1.165) is 24.8 Å². The highest BCUT2D eigenvalue weighted by Crippen LogP contribution is 2.04. The van der Waals surface area contributed by atoms with Crippen LogP contribution in [-0.4, -0.2) is 6.21 Å². The Bertz CT molecular complexity index is 312. The van der Waals surface area contributed by atoms with Gasteiger partial charge >= 0.3 is 0 Å². The molecule has 1 aromatic rings. The van der Waals surface area contributed by atoms with Gasteiger partial charge in [-0.1, -0.05) is 30.6 Å². The van der Waals surface area contributed by atoms with Crippen molar-refractivity contribution in [2.75, 3.05) is 0 Å². The van der Waals surface area contributed by atoms with Gasteiger partial charge in [0.1, 0.15) is 18.6 Å². The van der Waals surface area contributed by atoms with Crippen molar-refractivity contribution in [2.24, 2.45) is 5.16 Å². The first-order chi connectivity index (χ1) is 7.33. The quantitative estimate of drug-likeness (QED) is 0.399. The van der Waals surface area contributed by atoms with E-state index >= 15 is 0 Å². The summed E-state index contributed by atoms with van der Waals surface area (Å²) in [6.45, 7) is 2.40. The van der Waals surface area contributed by atoms with Crippen LogP contribution in [0.3, 0.4) is 0 Å². The van der Waals surface area contributed by atoms with Gasteiger partial charge in [0.25, 0.3) is 0 Å². The van der Waals surface area contributed by atoms with Gasteiger partial charge in [-0.3, -0.25) is 0 Å². The Balaban J connectivity index is 2.22. The number of unbranched alkanes of at least 4 members (excludes halogenated alkanes) is 2. The van der Waals surface area contributed by atoms with E-state index < -0.39 is 0 Å². The molecule has 2 nitrogen and oxygen atoms in total. The third-order valence-electron chi connectivity index (χ3n) is 1.89. The minimum Gasteiger partial charge on any atom is -0.391 e. The van der Waals surface area contributed by atoms with Gasteiger partial charge in [0.2, 0.25) is 0 Å². The molecule has 0 saturated heterocycles. The summed E-state index contributed by atoms with van der Waals surface area (Å²) < 4.78 is 12.7. The highest BCUT2D eigenvalue weighted by Gasteiger charge is 1.94. The summed E-state index contributed by atoms with van der Waals surface area (Å²) in [6, 6.07) is 6.28. The fraction of sp³-hybridized carbons (Fsp3) is 0.417. The summed E-state index contributed by atoms with van der Waals surface area (Å²) in [5.41, 5.74) is 0.774. The molecule has 0 N–H and O–H groups in total. The van der Waals surface area contributed by atoms with Gasteiger partial charge in [0, 0.05) is 0 Å². The molecule has 1 radical (unpaired) electrons. The number of benzene rings is 1. The fourth-order valence-corrected chi connectivity index (χ4v) is 1.08. The third kappa shape index (κ3) is 5.15. The van der Waals surface area contributed by atoms with E-state index in [1.54, 1.807) is 12.1 Å². The van der Waals surface area contributed by atoms with Crippen LogP contribution in [0, 0.1) is 5.82 Å². The zero-order valence-electron chi connectivity index (χ0n) is 8.87. The molecule has 0 atom stereocenters. The summed E-state index contributed by atoms with van der Waals surface area (Å²) in [7, 11) is 0. The van der Waals surface area contributed by atoms with Gasteiger partial charge in [0.05, 0.1) is 0 Å². The average Bonchev–Trinajstić information content (AvgIpc) is 2.23. The lowest BCUT2D eigenvalue weighted by Crippen LogP contribution is -1.88. The first-order valence-corrected chi connectivity index (χ1v) is 5.12. The summed E-state index contributed by atoms with van der Waals surface area (Å²) in [5.74, 6) is -0.255. The maximum Gasteiger partial charge on any atom is 0.142 e. The van der Waals surface area contributed by atoms with Gasteiger partial charge in [-0.05, 0) is 30.5 Å². The van der Waals surface area contributed by atoms with Crippen LogP contribution >= 0.6 is 0 Å². The number of rotatable bonds is 6. The molecule has 0 aliphatic heterocycles. The van der Waals surface area contributed by atoms with Crippen molar-refractivity contribution in [1.29, 1.82) is 0 Å². The van der Waals surface area contributed by atoms with Gasteiger partial charge in [0.15, 0.2) is 0 Å². The van der Waals surface area contributed by atoms with Crippen LogP contribution in [0.1, 0.15) is 31.7 Å². The van der Waals surface area contributed by atoms with Crippen LogP contribution in [-0.2, 0) is 11.4 Å². The Labute approximate surface area is 89.7 Å². The second-order valence-corrected chi connectivity index (χ2v) is 3.26. The largest absolute Gasteiger partial charge is 0.391 e. The van der Waals surface area contributed by atoms with E-state index in [1.807, 2.05) is 0 Å². The van der Waals surface area contributed by atoms with E-state index in [4.69, 9.17) is 4.84 Å². The summed E-state index contributed by atoms with van der Waals surface area (Å²) in [6.07, 6.45) is 5.77. The number of hydrogen-bond acceptors (Lipinski definition) is 2. The van der Waals surface area contributed by atoms with Crippen molar-refractivity contribution in [3.8, 4) is 0 Å². The van der Waals surface area contributed by atoms with Crippen LogP contribution in [0.25, 0.3) is 0 Å². The second-order valence-electron chi connectivity index (χ2n) is 3.26. The van der Waals surface area contributed by atoms with Crippen LogP contribution in [0.4, 0.5) is 4.39 Å².